The van der Waals surface area contributed by atoms with Crippen LogP contribution < -0.4 is 0 Å². The van der Waals surface area contributed by atoms with Crippen molar-refractivity contribution in [3.63, 3.8) is 0 Å². The van der Waals surface area contributed by atoms with Gasteiger partial charge in [0.15, 0.2) is 0 Å². The zero-order chi connectivity index (χ0) is 21.2. The molecule has 29 heavy (non-hydrogen) atoms. The summed E-state index contributed by atoms with van der Waals surface area (Å²) in [5.74, 6) is 0.0315. The van der Waals surface area contributed by atoms with Gasteiger partial charge in [-0.3, -0.25) is 0 Å². The molecule has 2 aliphatic carbocycles. The normalized spacial score (nSPS) is 29.9. The molecule has 0 radical (unpaired) electrons. The van der Waals surface area contributed by atoms with Crippen molar-refractivity contribution in [2.24, 2.45) is 17.8 Å². The molecule has 0 aromatic rings. The zero-order valence-electron chi connectivity index (χ0n) is 17.7. The smallest absolute Gasteiger partial charge is 0.332 e. The summed E-state index contributed by atoms with van der Waals surface area (Å²) in [6.07, 6.45) is 13.7. The first-order valence-electron chi connectivity index (χ1n) is 11.0. The van der Waals surface area contributed by atoms with Gasteiger partial charge in [-0.05, 0) is 51.4 Å². The van der Waals surface area contributed by atoms with Crippen molar-refractivity contribution in [1.82, 2.24) is 0 Å². The number of esters is 1. The van der Waals surface area contributed by atoms with Crippen molar-refractivity contribution < 1.29 is 24.5 Å². The van der Waals surface area contributed by atoms with Gasteiger partial charge >= 0.3 is 5.97 Å². The van der Waals surface area contributed by atoms with Crippen molar-refractivity contribution in [3.05, 3.63) is 24.3 Å². The van der Waals surface area contributed by atoms with Gasteiger partial charge in [0.05, 0.1) is 24.9 Å². The van der Waals surface area contributed by atoms with Crippen molar-refractivity contribution in [3.8, 4) is 0 Å². The van der Waals surface area contributed by atoms with Crippen LogP contribution >= 0.6 is 11.6 Å². The summed E-state index contributed by atoms with van der Waals surface area (Å²) < 4.78 is 10.3. The van der Waals surface area contributed by atoms with E-state index >= 15 is 0 Å². The average molecular weight is 429 g/mol. The number of aliphatic hydroxyl groups is 2. The zero-order valence-corrected chi connectivity index (χ0v) is 18.5. The maximum atomic E-state index is 11.4. The maximum absolute atomic E-state index is 11.4. The number of rotatable bonds is 10. The minimum atomic E-state index is -0.479. The largest absolute Gasteiger partial charge is 0.461 e. The third-order valence-corrected chi connectivity index (χ3v) is 6.41. The first-order chi connectivity index (χ1) is 13.9. The summed E-state index contributed by atoms with van der Waals surface area (Å²) in [5, 5.41) is 20.8. The lowest BCUT2D eigenvalue weighted by molar-refractivity contribution is -0.152. The number of halogens is 1. The molecule has 0 bridgehead atoms. The molecule has 0 spiro atoms. The number of ether oxygens (including phenoxy) is 2. The molecule has 0 aliphatic heterocycles. The van der Waals surface area contributed by atoms with Crippen LogP contribution in [0.15, 0.2) is 24.3 Å². The quantitative estimate of drug-likeness (QED) is 0.238. The van der Waals surface area contributed by atoms with Crippen molar-refractivity contribution in [2.75, 3.05) is 13.2 Å². The molecule has 2 saturated carbocycles. The Kier molecular flexibility index (Phi) is 10.7. The monoisotopic (exact) mass is 428 g/mol. The van der Waals surface area contributed by atoms with Gasteiger partial charge in [0.2, 0.25) is 0 Å². The Morgan fingerprint density at radius 2 is 1.93 bits per heavy atom. The molecule has 5 unspecified atom stereocenters. The van der Waals surface area contributed by atoms with Gasteiger partial charge in [-0.15, -0.1) is 11.6 Å². The van der Waals surface area contributed by atoms with Gasteiger partial charge < -0.3 is 19.7 Å². The second kappa shape index (κ2) is 12.7. The van der Waals surface area contributed by atoms with Crippen LogP contribution in [0.2, 0.25) is 0 Å². The van der Waals surface area contributed by atoms with Gasteiger partial charge in [0, 0.05) is 11.3 Å². The van der Waals surface area contributed by atoms with Crippen LogP contribution in [0.4, 0.5) is 0 Å². The molecule has 2 N–H and O–H groups in total. The standard InChI is InChI=1S/C23H37ClO5/c1-16(2)29-23(27)15-28-13-7-6-10-18-19(22(26)14-20(18)24)11-12-21(25)17-8-4-3-5-9-17/h6-7,11-12,16-22,25-26H,3-5,8-10,13-15H2,1-2H3. The first kappa shape index (κ1) is 24.4. The molecule has 0 aromatic carbocycles. The maximum Gasteiger partial charge on any atom is 0.332 e. The van der Waals surface area contributed by atoms with Gasteiger partial charge in [0.1, 0.15) is 6.61 Å². The number of hydrogen-bond acceptors (Lipinski definition) is 5. The summed E-state index contributed by atoms with van der Waals surface area (Å²) >= 11 is 6.48. The number of hydrogen-bond donors (Lipinski definition) is 2. The van der Waals surface area contributed by atoms with E-state index in [9.17, 15) is 15.0 Å². The van der Waals surface area contributed by atoms with E-state index in [4.69, 9.17) is 21.1 Å². The number of alkyl halides is 1. The molecule has 0 aromatic heterocycles. The Morgan fingerprint density at radius 3 is 2.62 bits per heavy atom. The highest BCUT2D eigenvalue weighted by Gasteiger charge is 2.39. The Labute approximate surface area is 180 Å². The Morgan fingerprint density at radius 1 is 1.21 bits per heavy atom. The number of allylic oxidation sites excluding steroid dienone is 1. The lowest BCUT2D eigenvalue weighted by Crippen LogP contribution is -2.23. The van der Waals surface area contributed by atoms with Crippen LogP contribution in [-0.4, -0.2) is 53.1 Å². The fourth-order valence-electron chi connectivity index (χ4n) is 4.37. The first-order valence-corrected chi connectivity index (χ1v) is 11.4. The highest BCUT2D eigenvalue weighted by Crippen LogP contribution is 2.39. The highest BCUT2D eigenvalue weighted by molar-refractivity contribution is 6.21. The second-order valence-corrected chi connectivity index (χ2v) is 9.16. The van der Waals surface area contributed by atoms with E-state index in [1.165, 1.54) is 19.3 Å². The molecule has 0 saturated heterocycles. The molecule has 0 heterocycles. The molecule has 6 heteroatoms. The third kappa shape index (κ3) is 8.41. The fourth-order valence-corrected chi connectivity index (χ4v) is 4.82. The van der Waals surface area contributed by atoms with Crippen molar-refractivity contribution in [1.29, 1.82) is 0 Å². The van der Waals surface area contributed by atoms with E-state index in [1.807, 2.05) is 24.3 Å². The SMILES string of the molecule is CC(C)OC(=O)COCC=CCC1C(Cl)CC(O)C1C=CC(O)C1CCCCC1. The summed E-state index contributed by atoms with van der Waals surface area (Å²) in [7, 11) is 0. The van der Waals surface area contributed by atoms with Crippen LogP contribution in [0, 0.1) is 17.8 Å². The molecule has 2 rings (SSSR count). The van der Waals surface area contributed by atoms with Gasteiger partial charge in [-0.25, -0.2) is 4.79 Å². The molecular formula is C23H37ClO5. The van der Waals surface area contributed by atoms with Crippen LogP contribution in [0.25, 0.3) is 0 Å². The second-order valence-electron chi connectivity index (χ2n) is 8.59. The highest BCUT2D eigenvalue weighted by atomic mass is 35.5. The minimum Gasteiger partial charge on any atom is -0.461 e. The third-order valence-electron chi connectivity index (χ3n) is 5.91. The summed E-state index contributed by atoms with van der Waals surface area (Å²) in [6.45, 7) is 3.87. The van der Waals surface area contributed by atoms with E-state index < -0.39 is 12.2 Å². The number of carbonyl (C=O) groups excluding carboxylic acids is 1. The lowest BCUT2D eigenvalue weighted by Gasteiger charge is -2.25. The van der Waals surface area contributed by atoms with Crippen LogP contribution in [0.1, 0.15) is 58.8 Å². The van der Waals surface area contributed by atoms with Crippen LogP contribution in [-0.2, 0) is 14.3 Å². The Hall–Kier alpha value is -0.880. The summed E-state index contributed by atoms with van der Waals surface area (Å²) in [4.78, 5) is 11.4. The van der Waals surface area contributed by atoms with E-state index in [0.29, 0.717) is 18.9 Å². The van der Waals surface area contributed by atoms with Gasteiger partial charge in [-0.1, -0.05) is 43.6 Å². The van der Waals surface area contributed by atoms with E-state index in [-0.39, 0.29) is 35.9 Å². The fraction of sp³-hybridized carbons (Fsp3) is 0.783. The summed E-state index contributed by atoms with van der Waals surface area (Å²) in [5.41, 5.74) is 0. The van der Waals surface area contributed by atoms with Gasteiger partial charge in [-0.2, -0.15) is 0 Å². The molecule has 2 fully saturated rings. The predicted octanol–water partition coefficient (Wildman–Crippen LogP) is 4.00. The molecular weight excluding hydrogens is 392 g/mol. The molecule has 0 amide bonds. The average Bonchev–Trinajstić information content (AvgIpc) is 2.95. The number of aliphatic hydroxyl groups excluding tert-OH is 2. The molecule has 5 nitrogen and oxygen atoms in total. The summed E-state index contributed by atoms with van der Waals surface area (Å²) in [6, 6.07) is 0. The van der Waals surface area contributed by atoms with Crippen LogP contribution in [0.5, 0.6) is 0 Å². The van der Waals surface area contributed by atoms with Crippen molar-refractivity contribution in [2.45, 2.75) is 82.5 Å². The number of carbonyl (C=O) groups is 1. The molecule has 5 atom stereocenters. The van der Waals surface area contributed by atoms with E-state index in [1.54, 1.807) is 13.8 Å². The molecule has 166 valence electrons. The minimum absolute atomic E-state index is 0.0534. The van der Waals surface area contributed by atoms with E-state index in [0.717, 1.165) is 19.3 Å². The Bertz CT molecular complexity index is 541. The molecule has 2 aliphatic rings. The Balaban J connectivity index is 1.78. The topological polar surface area (TPSA) is 76.0 Å². The lowest BCUT2D eigenvalue weighted by atomic mass is 9.84. The van der Waals surface area contributed by atoms with Crippen LogP contribution in [0.3, 0.4) is 0 Å². The van der Waals surface area contributed by atoms with E-state index in [2.05, 4.69) is 0 Å². The predicted molar refractivity (Wildman–Crippen MR) is 115 cm³/mol. The van der Waals surface area contributed by atoms with Crippen molar-refractivity contribution >= 4 is 17.6 Å². The van der Waals surface area contributed by atoms with Gasteiger partial charge in [0.25, 0.3) is 0 Å².